The minimum atomic E-state index is -0.695. The van der Waals surface area contributed by atoms with Crippen molar-refractivity contribution < 1.29 is 14.3 Å². The monoisotopic (exact) mass is 428 g/mol. The number of ether oxygens (including phenoxy) is 2. The summed E-state index contributed by atoms with van der Waals surface area (Å²) in [6.45, 7) is 3.94. The summed E-state index contributed by atoms with van der Waals surface area (Å²) in [6.07, 6.45) is 3.03. The van der Waals surface area contributed by atoms with Gasteiger partial charge in [-0.25, -0.2) is 10.4 Å². The second kappa shape index (κ2) is 9.45. The van der Waals surface area contributed by atoms with Crippen LogP contribution in [0.25, 0.3) is 0 Å². The number of hydrogen-bond acceptors (Lipinski definition) is 6. The van der Waals surface area contributed by atoms with E-state index in [-0.39, 0.29) is 26.6 Å². The highest BCUT2D eigenvalue weighted by Crippen LogP contribution is 2.34. The van der Waals surface area contributed by atoms with E-state index in [0.717, 1.165) is 0 Å². The molecule has 0 saturated heterocycles. The van der Waals surface area contributed by atoms with E-state index in [1.165, 1.54) is 13.3 Å². The standard InChI is InChI=1S/C17H15Cl3N4O3/c1-3-6-27-10-5-4-9(7-11(10)26-2)8-22-24-17(25)15-12(18)14(21)13(19)16(20)23-15/h3-5,7-8H,1,6H2,2H3,(H2,21,23)(H,24,25)/b22-8+. The van der Waals surface area contributed by atoms with E-state index in [1.807, 2.05) is 0 Å². The number of rotatable bonds is 7. The van der Waals surface area contributed by atoms with Crippen molar-refractivity contribution in [1.29, 1.82) is 0 Å². The third kappa shape index (κ3) is 5.03. The summed E-state index contributed by atoms with van der Waals surface area (Å²) < 4.78 is 10.7. The van der Waals surface area contributed by atoms with E-state index >= 15 is 0 Å². The van der Waals surface area contributed by atoms with Crippen LogP contribution < -0.4 is 20.6 Å². The van der Waals surface area contributed by atoms with Gasteiger partial charge in [-0.05, 0) is 23.8 Å². The van der Waals surface area contributed by atoms with Gasteiger partial charge in [-0.15, -0.1) is 0 Å². The molecular weight excluding hydrogens is 415 g/mol. The first-order valence-electron chi connectivity index (χ1n) is 7.44. The molecule has 1 amide bonds. The Bertz CT molecular complexity index is 903. The molecule has 0 aliphatic carbocycles. The molecular formula is C17H15Cl3N4O3. The van der Waals surface area contributed by atoms with Crippen LogP contribution in [0, 0.1) is 0 Å². The first-order chi connectivity index (χ1) is 12.9. The van der Waals surface area contributed by atoms with Crippen LogP contribution in [0.4, 0.5) is 5.69 Å². The molecule has 0 fully saturated rings. The quantitative estimate of drug-likeness (QED) is 0.300. The lowest BCUT2D eigenvalue weighted by Crippen LogP contribution is -2.20. The van der Waals surface area contributed by atoms with Crippen LogP contribution in [0.2, 0.25) is 15.2 Å². The number of benzene rings is 1. The molecule has 0 spiro atoms. The molecule has 3 N–H and O–H groups in total. The molecule has 1 aromatic heterocycles. The highest BCUT2D eigenvalue weighted by atomic mass is 35.5. The number of hydrazone groups is 1. The lowest BCUT2D eigenvalue weighted by Gasteiger charge is -2.09. The first kappa shape index (κ1) is 20.8. The van der Waals surface area contributed by atoms with Gasteiger partial charge in [0.1, 0.15) is 11.6 Å². The number of amides is 1. The van der Waals surface area contributed by atoms with Gasteiger partial charge in [-0.1, -0.05) is 47.5 Å². The highest BCUT2D eigenvalue weighted by molar-refractivity contribution is 6.46. The van der Waals surface area contributed by atoms with E-state index in [4.69, 9.17) is 50.0 Å². The summed E-state index contributed by atoms with van der Waals surface area (Å²) in [7, 11) is 1.52. The Hall–Kier alpha value is -2.48. The van der Waals surface area contributed by atoms with Crippen molar-refractivity contribution >= 4 is 52.6 Å². The Morgan fingerprint density at radius 1 is 1.33 bits per heavy atom. The van der Waals surface area contributed by atoms with Crippen molar-refractivity contribution in [3.05, 3.63) is 57.3 Å². The SMILES string of the molecule is C=CCOc1ccc(/C=N/NC(=O)c2nc(Cl)c(Cl)c(N)c2Cl)cc1OC. The molecule has 0 saturated carbocycles. The van der Waals surface area contributed by atoms with E-state index in [1.54, 1.807) is 24.3 Å². The molecule has 10 heteroatoms. The molecule has 2 rings (SSSR count). The molecule has 27 heavy (non-hydrogen) atoms. The maximum atomic E-state index is 12.2. The molecule has 1 heterocycles. The number of nitrogens with two attached hydrogens (primary N) is 1. The Kier molecular flexibility index (Phi) is 7.29. The number of halogens is 3. The topological polar surface area (TPSA) is 98.8 Å². The fourth-order valence-electron chi connectivity index (χ4n) is 1.93. The predicted octanol–water partition coefficient (Wildman–Crippen LogP) is 3.96. The molecule has 142 valence electrons. The van der Waals surface area contributed by atoms with Crippen molar-refractivity contribution in [2.45, 2.75) is 0 Å². The molecule has 0 aliphatic heterocycles. The third-order valence-corrected chi connectivity index (χ3v) is 4.35. The van der Waals surface area contributed by atoms with Gasteiger partial charge >= 0.3 is 0 Å². The number of hydrogen-bond donors (Lipinski definition) is 2. The molecule has 1 aromatic carbocycles. The minimum absolute atomic E-state index is 0.0208. The Morgan fingerprint density at radius 2 is 2.07 bits per heavy atom. The van der Waals surface area contributed by atoms with Crippen LogP contribution in [0.5, 0.6) is 11.5 Å². The van der Waals surface area contributed by atoms with Crippen molar-refractivity contribution in [2.75, 3.05) is 19.5 Å². The second-order valence-electron chi connectivity index (χ2n) is 5.00. The lowest BCUT2D eigenvalue weighted by atomic mass is 10.2. The summed E-state index contributed by atoms with van der Waals surface area (Å²) in [6, 6.07) is 5.14. The predicted molar refractivity (Wildman–Crippen MR) is 107 cm³/mol. The molecule has 0 radical (unpaired) electrons. The van der Waals surface area contributed by atoms with Crippen LogP contribution in [-0.4, -0.2) is 30.8 Å². The number of pyridine rings is 1. The number of nitrogens with zero attached hydrogens (tertiary/aromatic N) is 2. The Balaban J connectivity index is 2.13. The van der Waals surface area contributed by atoms with Gasteiger partial charge in [0, 0.05) is 0 Å². The van der Waals surface area contributed by atoms with Crippen molar-refractivity contribution in [3.8, 4) is 11.5 Å². The Morgan fingerprint density at radius 3 is 2.74 bits per heavy atom. The molecule has 0 aliphatic rings. The van der Waals surface area contributed by atoms with E-state index in [9.17, 15) is 4.79 Å². The van der Waals surface area contributed by atoms with Crippen molar-refractivity contribution in [1.82, 2.24) is 10.4 Å². The zero-order valence-electron chi connectivity index (χ0n) is 14.1. The van der Waals surface area contributed by atoms with E-state index < -0.39 is 5.91 Å². The number of carbonyl (C=O) groups excluding carboxylic acids is 1. The van der Waals surface area contributed by atoms with Gasteiger partial charge < -0.3 is 15.2 Å². The van der Waals surface area contributed by atoms with Gasteiger partial charge in [-0.2, -0.15) is 5.10 Å². The summed E-state index contributed by atoms with van der Waals surface area (Å²) >= 11 is 17.6. The summed E-state index contributed by atoms with van der Waals surface area (Å²) in [4.78, 5) is 16.0. The fraction of sp³-hybridized carbons (Fsp3) is 0.118. The molecule has 0 bridgehead atoms. The summed E-state index contributed by atoms with van der Waals surface area (Å²) in [5, 5.41) is 3.59. The van der Waals surface area contributed by atoms with Crippen LogP contribution >= 0.6 is 34.8 Å². The van der Waals surface area contributed by atoms with E-state index in [0.29, 0.717) is 23.7 Å². The molecule has 2 aromatic rings. The van der Waals surface area contributed by atoms with Crippen LogP contribution in [0.15, 0.2) is 36.0 Å². The second-order valence-corrected chi connectivity index (χ2v) is 6.12. The van der Waals surface area contributed by atoms with Gasteiger partial charge in [-0.3, -0.25) is 4.79 Å². The largest absolute Gasteiger partial charge is 0.493 e. The smallest absolute Gasteiger partial charge is 0.291 e. The molecule has 0 atom stereocenters. The normalized spacial score (nSPS) is 10.7. The van der Waals surface area contributed by atoms with Gasteiger partial charge in [0.15, 0.2) is 22.3 Å². The van der Waals surface area contributed by atoms with Crippen LogP contribution in [0.1, 0.15) is 16.1 Å². The number of methoxy groups -OCH3 is 1. The number of nitrogens with one attached hydrogen (secondary N) is 1. The summed E-state index contributed by atoms with van der Waals surface area (Å²) in [5.41, 5.74) is 8.41. The Labute approximate surface area is 170 Å². The van der Waals surface area contributed by atoms with Gasteiger partial charge in [0.2, 0.25) is 0 Å². The fourth-order valence-corrected chi connectivity index (χ4v) is 2.53. The first-order valence-corrected chi connectivity index (χ1v) is 8.57. The highest BCUT2D eigenvalue weighted by Gasteiger charge is 2.19. The number of carbonyl (C=O) groups is 1. The van der Waals surface area contributed by atoms with Crippen LogP contribution in [-0.2, 0) is 0 Å². The third-order valence-electron chi connectivity index (χ3n) is 3.21. The maximum Gasteiger partial charge on any atom is 0.291 e. The van der Waals surface area contributed by atoms with Crippen LogP contribution in [0.3, 0.4) is 0 Å². The number of anilines is 1. The average molecular weight is 430 g/mol. The summed E-state index contributed by atoms with van der Waals surface area (Å²) in [5.74, 6) is 0.370. The van der Waals surface area contributed by atoms with Gasteiger partial charge in [0.05, 0.1) is 24.0 Å². The van der Waals surface area contributed by atoms with E-state index in [2.05, 4.69) is 22.1 Å². The zero-order valence-corrected chi connectivity index (χ0v) is 16.4. The average Bonchev–Trinajstić information content (AvgIpc) is 2.67. The van der Waals surface area contributed by atoms with Crippen molar-refractivity contribution in [3.63, 3.8) is 0 Å². The maximum absolute atomic E-state index is 12.2. The molecule has 0 unspecified atom stereocenters. The number of nitrogen functional groups attached to an aromatic ring is 1. The van der Waals surface area contributed by atoms with Crippen molar-refractivity contribution in [2.24, 2.45) is 5.10 Å². The zero-order chi connectivity index (χ0) is 20.0. The molecule has 7 nitrogen and oxygen atoms in total. The lowest BCUT2D eigenvalue weighted by molar-refractivity contribution is 0.0950. The minimum Gasteiger partial charge on any atom is -0.493 e. The number of aromatic nitrogens is 1. The van der Waals surface area contributed by atoms with Gasteiger partial charge in [0.25, 0.3) is 5.91 Å².